The molecule has 3 heteroatoms. The molecule has 0 spiro atoms. The lowest BCUT2D eigenvalue weighted by Crippen LogP contribution is -1.90. The first-order valence-corrected chi connectivity index (χ1v) is 7.38. The molecule has 0 saturated heterocycles. The summed E-state index contributed by atoms with van der Waals surface area (Å²) in [6, 6.07) is 11.1. The summed E-state index contributed by atoms with van der Waals surface area (Å²) in [7, 11) is 1.68. The zero-order valence-electron chi connectivity index (χ0n) is 11.8. The molecule has 1 aliphatic rings. The summed E-state index contributed by atoms with van der Waals surface area (Å²) in [5.41, 5.74) is 4.51. The van der Waals surface area contributed by atoms with E-state index in [1.54, 1.807) is 13.2 Å². The maximum atomic E-state index is 13.7. The van der Waals surface area contributed by atoms with Crippen LogP contribution in [0.3, 0.4) is 0 Å². The highest BCUT2D eigenvalue weighted by atomic mass is 35.5. The molecule has 1 nitrogen and oxygen atoms in total. The van der Waals surface area contributed by atoms with Gasteiger partial charge in [0.25, 0.3) is 0 Å². The molecule has 0 saturated carbocycles. The topological polar surface area (TPSA) is 9.23 Å². The summed E-state index contributed by atoms with van der Waals surface area (Å²) < 4.78 is 18.9. The van der Waals surface area contributed by atoms with Crippen molar-refractivity contribution in [3.8, 4) is 5.75 Å². The van der Waals surface area contributed by atoms with Gasteiger partial charge >= 0.3 is 0 Å². The number of halogens is 2. The molecule has 0 unspecified atom stereocenters. The molecule has 1 aliphatic carbocycles. The number of methoxy groups -OCH3 is 1. The van der Waals surface area contributed by atoms with Crippen molar-refractivity contribution in [1.29, 1.82) is 0 Å². The second-order valence-electron chi connectivity index (χ2n) is 5.22. The van der Waals surface area contributed by atoms with E-state index in [0.29, 0.717) is 0 Å². The van der Waals surface area contributed by atoms with E-state index in [1.165, 1.54) is 17.2 Å². The Bertz CT molecular complexity index is 706. The maximum Gasteiger partial charge on any atom is 0.142 e. The van der Waals surface area contributed by atoms with Crippen LogP contribution in [0.15, 0.2) is 36.4 Å². The molecule has 0 fully saturated rings. The molecular weight excluding hydrogens is 287 g/mol. The van der Waals surface area contributed by atoms with Crippen molar-refractivity contribution in [2.75, 3.05) is 7.11 Å². The number of hydrogen-bond acceptors (Lipinski definition) is 1. The van der Waals surface area contributed by atoms with Gasteiger partial charge in [0.1, 0.15) is 11.6 Å². The highest BCUT2D eigenvalue weighted by molar-refractivity contribution is 6.30. The van der Waals surface area contributed by atoms with Crippen molar-refractivity contribution >= 4 is 23.3 Å². The molecule has 2 aromatic rings. The fourth-order valence-electron chi connectivity index (χ4n) is 2.72. The van der Waals surface area contributed by atoms with E-state index in [1.807, 2.05) is 12.1 Å². The van der Waals surface area contributed by atoms with Gasteiger partial charge in [-0.2, -0.15) is 0 Å². The number of hydrogen-bond donors (Lipinski definition) is 0. The molecule has 3 rings (SSSR count). The van der Waals surface area contributed by atoms with Crippen molar-refractivity contribution in [2.45, 2.75) is 19.3 Å². The van der Waals surface area contributed by atoms with E-state index in [4.69, 9.17) is 16.3 Å². The van der Waals surface area contributed by atoms with Crippen LogP contribution in [0.4, 0.5) is 4.39 Å². The second kappa shape index (κ2) is 5.90. The number of fused-ring (bicyclic) bond motifs is 1. The summed E-state index contributed by atoms with van der Waals surface area (Å²) >= 11 is 5.76. The van der Waals surface area contributed by atoms with E-state index >= 15 is 0 Å². The predicted octanol–water partition coefficient (Wildman–Crippen LogP) is 5.36. The summed E-state index contributed by atoms with van der Waals surface area (Å²) in [5.74, 6) is 0.511. The molecule has 0 aromatic heterocycles. The molecule has 0 bridgehead atoms. The van der Waals surface area contributed by atoms with E-state index < -0.39 is 0 Å². The molecule has 0 radical (unpaired) electrons. The van der Waals surface area contributed by atoms with Crippen molar-refractivity contribution < 1.29 is 9.13 Å². The first kappa shape index (κ1) is 14.2. The van der Waals surface area contributed by atoms with Crippen LogP contribution in [0, 0.1) is 5.82 Å². The van der Waals surface area contributed by atoms with E-state index in [2.05, 4.69) is 18.2 Å². The monoisotopic (exact) mass is 302 g/mol. The SMILES string of the molecule is COc1ccc2c(c1)CCCC(c1ccc(Cl)c(F)c1)=C2. The Kier molecular flexibility index (Phi) is 3.98. The first-order valence-electron chi connectivity index (χ1n) is 7.00. The van der Waals surface area contributed by atoms with Crippen LogP contribution in [0.5, 0.6) is 5.75 Å². The summed E-state index contributed by atoms with van der Waals surface area (Å²) in [6.07, 6.45) is 5.11. The summed E-state index contributed by atoms with van der Waals surface area (Å²) in [4.78, 5) is 0. The van der Waals surface area contributed by atoms with E-state index in [0.717, 1.165) is 36.1 Å². The molecule has 0 N–H and O–H groups in total. The van der Waals surface area contributed by atoms with Crippen LogP contribution >= 0.6 is 11.6 Å². The molecule has 0 heterocycles. The van der Waals surface area contributed by atoms with E-state index in [9.17, 15) is 4.39 Å². The van der Waals surface area contributed by atoms with Gasteiger partial charge < -0.3 is 4.74 Å². The Morgan fingerprint density at radius 1 is 1.10 bits per heavy atom. The normalized spacial score (nSPS) is 14.1. The van der Waals surface area contributed by atoms with Crippen molar-refractivity contribution in [3.05, 3.63) is 63.9 Å². The molecule has 2 aromatic carbocycles. The highest BCUT2D eigenvalue weighted by Gasteiger charge is 2.12. The lowest BCUT2D eigenvalue weighted by Gasteiger charge is -2.07. The Morgan fingerprint density at radius 2 is 1.95 bits per heavy atom. The number of rotatable bonds is 2. The van der Waals surface area contributed by atoms with Crippen LogP contribution in [-0.4, -0.2) is 7.11 Å². The van der Waals surface area contributed by atoms with Gasteiger partial charge in [-0.25, -0.2) is 4.39 Å². The van der Waals surface area contributed by atoms with Gasteiger partial charge in [0.2, 0.25) is 0 Å². The largest absolute Gasteiger partial charge is 0.497 e. The van der Waals surface area contributed by atoms with Crippen LogP contribution < -0.4 is 4.74 Å². The number of ether oxygens (including phenoxy) is 1. The number of benzene rings is 2. The fourth-order valence-corrected chi connectivity index (χ4v) is 2.84. The van der Waals surface area contributed by atoms with Gasteiger partial charge in [0, 0.05) is 0 Å². The average molecular weight is 303 g/mol. The van der Waals surface area contributed by atoms with E-state index in [-0.39, 0.29) is 10.8 Å². The molecule has 0 amide bonds. The lowest BCUT2D eigenvalue weighted by molar-refractivity contribution is 0.414. The van der Waals surface area contributed by atoms with Gasteiger partial charge in [-0.1, -0.05) is 29.8 Å². The van der Waals surface area contributed by atoms with Crippen LogP contribution in [0.25, 0.3) is 11.6 Å². The zero-order valence-corrected chi connectivity index (χ0v) is 12.6. The zero-order chi connectivity index (χ0) is 14.8. The Balaban J connectivity index is 2.02. The molecular formula is C18H16ClFO. The Hall–Kier alpha value is -1.80. The molecule has 0 atom stereocenters. The van der Waals surface area contributed by atoms with Crippen molar-refractivity contribution in [3.63, 3.8) is 0 Å². The van der Waals surface area contributed by atoms with Gasteiger partial charge in [-0.3, -0.25) is 0 Å². The predicted molar refractivity (Wildman–Crippen MR) is 85.2 cm³/mol. The van der Waals surface area contributed by atoms with Gasteiger partial charge in [-0.05, 0) is 65.8 Å². The third-order valence-corrected chi connectivity index (χ3v) is 4.17. The quantitative estimate of drug-likeness (QED) is 0.725. The highest BCUT2D eigenvalue weighted by Crippen LogP contribution is 2.32. The van der Waals surface area contributed by atoms with Crippen molar-refractivity contribution in [1.82, 2.24) is 0 Å². The molecule has 0 aliphatic heterocycles. The smallest absolute Gasteiger partial charge is 0.142 e. The first-order chi connectivity index (χ1) is 10.2. The maximum absolute atomic E-state index is 13.7. The van der Waals surface area contributed by atoms with Crippen molar-refractivity contribution in [2.24, 2.45) is 0 Å². The van der Waals surface area contributed by atoms with Gasteiger partial charge in [0.15, 0.2) is 0 Å². The van der Waals surface area contributed by atoms with Crippen LogP contribution in [-0.2, 0) is 6.42 Å². The van der Waals surface area contributed by atoms with Gasteiger partial charge in [0.05, 0.1) is 12.1 Å². The standard InChI is InChI=1S/C18H16ClFO/c1-21-16-7-5-14-9-12(3-2-4-13(14)10-16)15-6-8-17(19)18(20)11-15/h5-11H,2-4H2,1H3. The minimum atomic E-state index is -0.366. The minimum absolute atomic E-state index is 0.165. The van der Waals surface area contributed by atoms with Crippen LogP contribution in [0.2, 0.25) is 5.02 Å². The molecule has 21 heavy (non-hydrogen) atoms. The van der Waals surface area contributed by atoms with Crippen LogP contribution in [0.1, 0.15) is 29.5 Å². The third kappa shape index (κ3) is 2.96. The van der Waals surface area contributed by atoms with Gasteiger partial charge in [-0.15, -0.1) is 0 Å². The number of allylic oxidation sites excluding steroid dienone is 1. The third-order valence-electron chi connectivity index (χ3n) is 3.86. The number of aryl methyl sites for hydroxylation is 1. The second-order valence-corrected chi connectivity index (χ2v) is 5.62. The summed E-state index contributed by atoms with van der Waals surface area (Å²) in [6.45, 7) is 0. The summed E-state index contributed by atoms with van der Waals surface area (Å²) in [5, 5.41) is 0.165. The fraction of sp³-hybridized carbons (Fsp3) is 0.222. The average Bonchev–Trinajstić information content (AvgIpc) is 2.71. The lowest BCUT2D eigenvalue weighted by atomic mass is 10.0. The minimum Gasteiger partial charge on any atom is -0.497 e. The Labute approximate surface area is 129 Å². The Morgan fingerprint density at radius 3 is 2.71 bits per heavy atom. The molecule has 108 valence electrons.